The fourth-order valence-electron chi connectivity index (χ4n) is 2.09. The topological polar surface area (TPSA) is 12.0 Å². The van der Waals surface area contributed by atoms with Crippen LogP contribution in [0.1, 0.15) is 24.1 Å². The summed E-state index contributed by atoms with van der Waals surface area (Å²) in [4.78, 5) is 0. The Hall–Kier alpha value is -1.16. The maximum atomic E-state index is 14.1. The molecule has 1 atom stereocenters. The van der Waals surface area contributed by atoms with Crippen LogP contribution in [0.15, 0.2) is 36.4 Å². The van der Waals surface area contributed by atoms with Gasteiger partial charge in [0.1, 0.15) is 11.6 Å². The van der Waals surface area contributed by atoms with Crippen molar-refractivity contribution in [2.75, 3.05) is 6.54 Å². The second-order valence-electron chi connectivity index (χ2n) is 4.29. The van der Waals surface area contributed by atoms with Crippen LogP contribution in [0.3, 0.4) is 0 Å². The van der Waals surface area contributed by atoms with Crippen LogP contribution in [0.4, 0.5) is 8.78 Å². The van der Waals surface area contributed by atoms with Crippen molar-refractivity contribution < 1.29 is 8.78 Å². The standard InChI is InChI=1S/C15H13Cl2F2N/c1-2-20-15(10-8-9(18)6-7-11(10)16)14-12(17)4-3-5-13(14)19/h3-8,15,20H,2H2,1H3. The fourth-order valence-corrected chi connectivity index (χ4v) is 2.59. The molecule has 0 aromatic heterocycles. The van der Waals surface area contributed by atoms with Gasteiger partial charge >= 0.3 is 0 Å². The van der Waals surface area contributed by atoms with Crippen molar-refractivity contribution in [2.45, 2.75) is 13.0 Å². The summed E-state index contributed by atoms with van der Waals surface area (Å²) in [5.41, 5.74) is 0.726. The number of halogens is 4. The maximum absolute atomic E-state index is 14.1. The minimum Gasteiger partial charge on any atom is -0.306 e. The van der Waals surface area contributed by atoms with Crippen molar-refractivity contribution >= 4 is 23.2 Å². The lowest BCUT2D eigenvalue weighted by atomic mass is 9.97. The van der Waals surface area contributed by atoms with E-state index in [1.165, 1.54) is 30.3 Å². The second kappa shape index (κ2) is 6.53. The number of benzene rings is 2. The molecule has 5 heteroatoms. The smallest absolute Gasteiger partial charge is 0.129 e. The molecular formula is C15H13Cl2F2N. The van der Waals surface area contributed by atoms with Crippen LogP contribution in [0.2, 0.25) is 10.0 Å². The van der Waals surface area contributed by atoms with Crippen LogP contribution in [0.5, 0.6) is 0 Å². The molecule has 0 aliphatic carbocycles. The van der Waals surface area contributed by atoms with E-state index in [1.54, 1.807) is 6.07 Å². The van der Waals surface area contributed by atoms with Gasteiger partial charge in [-0.25, -0.2) is 8.78 Å². The average molecular weight is 316 g/mol. The van der Waals surface area contributed by atoms with Crippen LogP contribution in [0, 0.1) is 11.6 Å². The van der Waals surface area contributed by atoms with Crippen LogP contribution in [0.25, 0.3) is 0 Å². The summed E-state index contributed by atoms with van der Waals surface area (Å²) in [5.74, 6) is -0.886. The highest BCUT2D eigenvalue weighted by atomic mass is 35.5. The van der Waals surface area contributed by atoms with Gasteiger partial charge < -0.3 is 5.32 Å². The van der Waals surface area contributed by atoms with E-state index in [1.807, 2.05) is 6.92 Å². The first kappa shape index (κ1) is 15.2. The van der Waals surface area contributed by atoms with E-state index in [4.69, 9.17) is 23.2 Å². The summed E-state index contributed by atoms with van der Waals surface area (Å²) >= 11 is 12.2. The number of nitrogens with one attached hydrogen (secondary N) is 1. The largest absolute Gasteiger partial charge is 0.306 e. The lowest BCUT2D eigenvalue weighted by Gasteiger charge is -2.21. The molecule has 0 spiro atoms. The van der Waals surface area contributed by atoms with Crippen molar-refractivity contribution in [1.82, 2.24) is 5.32 Å². The summed E-state index contributed by atoms with van der Waals surface area (Å²) in [5, 5.41) is 3.72. The highest BCUT2D eigenvalue weighted by Crippen LogP contribution is 2.34. The molecule has 106 valence electrons. The van der Waals surface area contributed by atoms with Gasteiger partial charge in [-0.15, -0.1) is 0 Å². The molecule has 0 aliphatic heterocycles. The van der Waals surface area contributed by atoms with Gasteiger partial charge in [0.05, 0.1) is 6.04 Å². The van der Waals surface area contributed by atoms with E-state index in [2.05, 4.69) is 5.32 Å². The van der Waals surface area contributed by atoms with Gasteiger partial charge in [-0.2, -0.15) is 0 Å². The lowest BCUT2D eigenvalue weighted by molar-refractivity contribution is 0.555. The molecule has 1 N–H and O–H groups in total. The first-order valence-electron chi connectivity index (χ1n) is 6.16. The molecular weight excluding hydrogens is 303 g/mol. The molecule has 0 saturated carbocycles. The minimum atomic E-state index is -0.600. The summed E-state index contributed by atoms with van der Waals surface area (Å²) in [7, 11) is 0. The zero-order valence-electron chi connectivity index (χ0n) is 10.8. The Bertz CT molecular complexity index is 597. The maximum Gasteiger partial charge on any atom is 0.129 e. The molecule has 0 heterocycles. The van der Waals surface area contributed by atoms with Gasteiger partial charge in [-0.05, 0) is 42.4 Å². The first-order valence-corrected chi connectivity index (χ1v) is 6.92. The van der Waals surface area contributed by atoms with Crippen molar-refractivity contribution in [3.8, 4) is 0 Å². The van der Waals surface area contributed by atoms with Crippen LogP contribution in [-0.4, -0.2) is 6.54 Å². The Morgan fingerprint density at radius 1 is 1.10 bits per heavy atom. The third-order valence-corrected chi connectivity index (χ3v) is 3.64. The zero-order chi connectivity index (χ0) is 14.7. The molecule has 0 aliphatic rings. The van der Waals surface area contributed by atoms with Crippen LogP contribution in [-0.2, 0) is 0 Å². The quantitative estimate of drug-likeness (QED) is 0.840. The Morgan fingerprint density at radius 2 is 1.85 bits per heavy atom. The van der Waals surface area contributed by atoms with E-state index < -0.39 is 17.7 Å². The van der Waals surface area contributed by atoms with Crippen LogP contribution < -0.4 is 5.32 Å². The Balaban J connectivity index is 2.59. The molecule has 2 aromatic carbocycles. The third kappa shape index (κ3) is 3.11. The number of rotatable bonds is 4. The van der Waals surface area contributed by atoms with Gasteiger partial charge in [0, 0.05) is 15.6 Å². The SMILES string of the molecule is CCNC(c1cc(F)ccc1Cl)c1c(F)cccc1Cl. The van der Waals surface area contributed by atoms with Gasteiger partial charge in [-0.3, -0.25) is 0 Å². The van der Waals surface area contributed by atoms with E-state index in [9.17, 15) is 8.78 Å². The Kier molecular flexibility index (Phi) is 4.97. The highest BCUT2D eigenvalue weighted by molar-refractivity contribution is 6.32. The van der Waals surface area contributed by atoms with E-state index >= 15 is 0 Å². The summed E-state index contributed by atoms with van der Waals surface area (Å²) < 4.78 is 27.5. The fraction of sp³-hybridized carbons (Fsp3) is 0.200. The summed E-state index contributed by atoms with van der Waals surface area (Å²) in [6.45, 7) is 2.43. The minimum absolute atomic E-state index is 0.267. The molecule has 2 rings (SSSR count). The Labute approximate surface area is 126 Å². The second-order valence-corrected chi connectivity index (χ2v) is 5.11. The van der Waals surface area contributed by atoms with Gasteiger partial charge in [0.25, 0.3) is 0 Å². The number of hydrogen-bond acceptors (Lipinski definition) is 1. The van der Waals surface area contributed by atoms with Crippen molar-refractivity contribution in [3.05, 3.63) is 69.2 Å². The molecule has 0 radical (unpaired) electrons. The van der Waals surface area contributed by atoms with Crippen LogP contribution >= 0.6 is 23.2 Å². The molecule has 0 fully saturated rings. The molecule has 0 amide bonds. The monoisotopic (exact) mass is 315 g/mol. The lowest BCUT2D eigenvalue weighted by Crippen LogP contribution is -2.24. The molecule has 1 nitrogen and oxygen atoms in total. The molecule has 20 heavy (non-hydrogen) atoms. The summed E-state index contributed by atoms with van der Waals surface area (Å²) in [6.07, 6.45) is 0. The van der Waals surface area contributed by atoms with E-state index in [0.29, 0.717) is 17.1 Å². The normalized spacial score (nSPS) is 12.4. The van der Waals surface area contributed by atoms with Crippen molar-refractivity contribution in [3.63, 3.8) is 0 Å². The Morgan fingerprint density at radius 3 is 2.50 bits per heavy atom. The molecule has 1 unspecified atom stereocenters. The van der Waals surface area contributed by atoms with Gasteiger partial charge in [0.15, 0.2) is 0 Å². The molecule has 2 aromatic rings. The third-order valence-electron chi connectivity index (χ3n) is 2.97. The van der Waals surface area contributed by atoms with Gasteiger partial charge in [0.2, 0.25) is 0 Å². The average Bonchev–Trinajstić information content (AvgIpc) is 2.40. The zero-order valence-corrected chi connectivity index (χ0v) is 12.3. The summed E-state index contributed by atoms with van der Waals surface area (Å²) in [6, 6.07) is 7.84. The van der Waals surface area contributed by atoms with Crippen molar-refractivity contribution in [2.24, 2.45) is 0 Å². The highest BCUT2D eigenvalue weighted by Gasteiger charge is 2.22. The predicted octanol–water partition coefficient (Wildman–Crippen LogP) is 4.97. The predicted molar refractivity (Wildman–Crippen MR) is 78.3 cm³/mol. The van der Waals surface area contributed by atoms with Gasteiger partial charge in [-0.1, -0.05) is 36.2 Å². The number of hydrogen-bond donors (Lipinski definition) is 1. The molecule has 0 bridgehead atoms. The van der Waals surface area contributed by atoms with E-state index in [-0.39, 0.29) is 10.6 Å². The molecule has 0 saturated heterocycles. The van der Waals surface area contributed by atoms with Crippen molar-refractivity contribution in [1.29, 1.82) is 0 Å². The first-order chi connectivity index (χ1) is 9.54. The van der Waals surface area contributed by atoms with E-state index in [0.717, 1.165) is 0 Å².